The minimum absolute atomic E-state index is 0.00542. The molecule has 4 atom stereocenters. The largest absolute Gasteiger partial charge is 0.374 e. The Morgan fingerprint density at radius 1 is 0.938 bits per heavy atom. The second-order valence-electron chi connectivity index (χ2n) is 19.0. The van der Waals surface area contributed by atoms with Crippen LogP contribution in [-0.4, -0.2) is 139 Å². The third kappa shape index (κ3) is 7.85. The fraction of sp³-hybridized carbons (Fsp3) is 0.578. The van der Waals surface area contributed by atoms with Crippen molar-refractivity contribution in [1.29, 1.82) is 0 Å². The summed E-state index contributed by atoms with van der Waals surface area (Å²) in [7, 11) is 1.76. The van der Waals surface area contributed by atoms with E-state index < -0.39 is 30.0 Å². The lowest BCUT2D eigenvalue weighted by molar-refractivity contribution is -0.135. The molecular formula is C45H55F2N13O5. The van der Waals surface area contributed by atoms with Gasteiger partial charge in [-0.3, -0.25) is 33.5 Å². The van der Waals surface area contributed by atoms with Crippen LogP contribution in [0.4, 0.5) is 26.0 Å². The zero-order chi connectivity index (χ0) is 44.5. The van der Waals surface area contributed by atoms with Gasteiger partial charge in [0, 0.05) is 84.8 Å². The maximum Gasteiger partial charge on any atom is 0.329 e. The Balaban J connectivity index is 0.660. The van der Waals surface area contributed by atoms with Crippen LogP contribution in [0.25, 0.3) is 16.7 Å². The van der Waals surface area contributed by atoms with Crippen molar-refractivity contribution in [2.45, 2.75) is 82.0 Å². The monoisotopic (exact) mass is 895 g/mol. The maximum atomic E-state index is 14.3. The fourth-order valence-corrected chi connectivity index (χ4v) is 11.5. The number of ether oxygens (including phenoxy) is 1. The van der Waals surface area contributed by atoms with Crippen molar-refractivity contribution in [3.63, 3.8) is 0 Å². The van der Waals surface area contributed by atoms with Gasteiger partial charge in [0.2, 0.25) is 11.8 Å². The summed E-state index contributed by atoms with van der Waals surface area (Å²) in [5.41, 5.74) is 2.40. The molecule has 9 heterocycles. The van der Waals surface area contributed by atoms with E-state index in [2.05, 4.69) is 46.5 Å². The number of imidazole rings is 1. The molecule has 1 saturated carbocycles. The van der Waals surface area contributed by atoms with E-state index in [1.165, 1.54) is 10.7 Å². The SMILES string of the molecule is Cn1c(=O)n(C2CCC(=O)NC2=O)c2cccc(N3CC[C@@H](CN4CCN(CC5CCC(n6cc(NC(=O)c7cnn8ccc(N9C[C@H]%10C[C@@H]9CO%10)nc78)c(C(F)F)n6)CC5)CC4)C3)c21. The average molecular weight is 896 g/mol. The average Bonchev–Trinajstić information content (AvgIpc) is 4.18. The summed E-state index contributed by atoms with van der Waals surface area (Å²) in [6.07, 6.45) is 8.19. The van der Waals surface area contributed by atoms with E-state index in [9.17, 15) is 28.0 Å². The molecule has 0 radical (unpaired) electrons. The highest BCUT2D eigenvalue weighted by Crippen LogP contribution is 2.37. The van der Waals surface area contributed by atoms with Crippen LogP contribution in [0.2, 0.25) is 0 Å². The number of benzene rings is 1. The molecule has 18 nitrogen and oxygen atoms in total. The number of nitrogens with one attached hydrogen (secondary N) is 2. The van der Waals surface area contributed by atoms with E-state index in [1.807, 2.05) is 18.2 Å². The van der Waals surface area contributed by atoms with Gasteiger partial charge in [0.25, 0.3) is 12.3 Å². The number of alkyl halides is 2. The van der Waals surface area contributed by atoms with Gasteiger partial charge >= 0.3 is 5.69 Å². The number of hydrogen-bond acceptors (Lipinski definition) is 12. The Labute approximate surface area is 373 Å². The number of piperazine rings is 1. The molecule has 5 saturated heterocycles. The maximum absolute atomic E-state index is 14.3. The molecule has 0 spiro atoms. The van der Waals surface area contributed by atoms with E-state index in [-0.39, 0.29) is 47.5 Å². The van der Waals surface area contributed by atoms with Crippen molar-refractivity contribution >= 4 is 51.6 Å². The number of nitrogens with zero attached hydrogens (tertiary/aromatic N) is 11. The van der Waals surface area contributed by atoms with E-state index in [1.54, 1.807) is 33.3 Å². The Bertz CT molecular complexity index is 2700. The van der Waals surface area contributed by atoms with Crippen molar-refractivity contribution in [2.75, 3.05) is 80.6 Å². The Morgan fingerprint density at radius 2 is 1.72 bits per heavy atom. The van der Waals surface area contributed by atoms with Gasteiger partial charge in [-0.1, -0.05) is 6.07 Å². The molecule has 3 amide bonds. The van der Waals surface area contributed by atoms with E-state index in [0.717, 1.165) is 114 Å². The van der Waals surface area contributed by atoms with Crippen LogP contribution in [0, 0.1) is 11.8 Å². The highest BCUT2D eigenvalue weighted by atomic mass is 19.3. The third-order valence-corrected chi connectivity index (χ3v) is 14.9. The first-order valence-corrected chi connectivity index (χ1v) is 23.2. The molecule has 5 aromatic rings. The zero-order valence-corrected chi connectivity index (χ0v) is 36.5. The highest BCUT2D eigenvalue weighted by molar-refractivity contribution is 6.08. The van der Waals surface area contributed by atoms with Crippen molar-refractivity contribution in [3.05, 3.63) is 64.6 Å². The fourth-order valence-electron chi connectivity index (χ4n) is 11.5. The predicted molar refractivity (Wildman–Crippen MR) is 236 cm³/mol. The summed E-state index contributed by atoms with van der Waals surface area (Å²) >= 11 is 0. The Kier molecular flexibility index (Phi) is 10.9. The van der Waals surface area contributed by atoms with Gasteiger partial charge in [-0.25, -0.2) is 23.1 Å². The first-order chi connectivity index (χ1) is 31.5. The number of para-hydroxylation sites is 1. The van der Waals surface area contributed by atoms with Crippen LogP contribution in [0.15, 0.2) is 47.7 Å². The molecule has 6 fully saturated rings. The number of morpholine rings is 1. The lowest BCUT2D eigenvalue weighted by Crippen LogP contribution is -2.49. The molecule has 65 heavy (non-hydrogen) atoms. The number of anilines is 3. The number of halogens is 2. The molecule has 2 bridgehead atoms. The third-order valence-electron chi connectivity index (χ3n) is 14.9. The highest BCUT2D eigenvalue weighted by Gasteiger charge is 2.40. The van der Waals surface area contributed by atoms with Gasteiger partial charge < -0.3 is 29.7 Å². The minimum atomic E-state index is -2.85. The van der Waals surface area contributed by atoms with Crippen molar-refractivity contribution in [2.24, 2.45) is 18.9 Å². The minimum Gasteiger partial charge on any atom is -0.374 e. The number of aryl methyl sites for hydroxylation is 1. The second kappa shape index (κ2) is 16.9. The van der Waals surface area contributed by atoms with Gasteiger partial charge in [0.05, 0.1) is 53.4 Å². The smallest absolute Gasteiger partial charge is 0.329 e. The van der Waals surface area contributed by atoms with Crippen LogP contribution in [0.3, 0.4) is 0 Å². The first-order valence-electron chi connectivity index (χ1n) is 23.2. The van der Waals surface area contributed by atoms with Gasteiger partial charge in [0.1, 0.15) is 17.4 Å². The number of carbonyl (C=O) groups excluding carboxylic acids is 3. The van der Waals surface area contributed by atoms with E-state index in [0.29, 0.717) is 36.0 Å². The standard InChI is InChI=1S/C45H55F2N13O5/c1-53-40-34(3-2-4-35(40)60(45(53)64)36-9-10-38(61)51-44(36)63)56-13-11-28(23-56)22-55-17-15-54(16-18-55)21-27-5-7-29(8-6-27)59-25-33(39(52-59)41(46)47)49-43(62)32-20-48-58-14-12-37(50-42(32)58)57-24-31-19-30(57)26-65-31/h2-4,12,14,20,25,27-31,36,41H,5-11,13,15-19,21-24,26H2,1H3,(H,49,62)(H,51,61,63)/t27?,28-,29?,30+,31+,36?/m0/s1. The van der Waals surface area contributed by atoms with Crippen molar-refractivity contribution in [3.8, 4) is 0 Å². The lowest BCUT2D eigenvalue weighted by Gasteiger charge is -2.39. The second-order valence-corrected chi connectivity index (χ2v) is 19.0. The zero-order valence-electron chi connectivity index (χ0n) is 36.5. The summed E-state index contributed by atoms with van der Waals surface area (Å²) in [5, 5.41) is 13.7. The topological polar surface area (TPSA) is 172 Å². The normalized spacial score (nSPS) is 26.6. The number of piperidine rings is 1. The van der Waals surface area contributed by atoms with Crippen LogP contribution in [-0.2, 0) is 21.4 Å². The molecule has 11 rings (SSSR count). The summed E-state index contributed by atoms with van der Waals surface area (Å²) in [6, 6.07) is 7.27. The molecule has 5 aliphatic heterocycles. The molecule has 20 heteroatoms. The first kappa shape index (κ1) is 41.9. The quantitative estimate of drug-likeness (QED) is 0.185. The summed E-state index contributed by atoms with van der Waals surface area (Å²) < 4.78 is 40.8. The molecular weight excluding hydrogens is 841 g/mol. The number of carbonyl (C=O) groups is 3. The van der Waals surface area contributed by atoms with E-state index in [4.69, 9.17) is 9.72 Å². The molecule has 6 aliphatic rings. The van der Waals surface area contributed by atoms with Gasteiger partial charge in [-0.2, -0.15) is 10.2 Å². The molecule has 1 aliphatic carbocycles. The van der Waals surface area contributed by atoms with E-state index >= 15 is 0 Å². The molecule has 1 unspecified atom stereocenters. The lowest BCUT2D eigenvalue weighted by atomic mass is 9.85. The molecule has 2 N–H and O–H groups in total. The number of hydrogen-bond donors (Lipinski definition) is 2. The van der Waals surface area contributed by atoms with Crippen molar-refractivity contribution in [1.82, 2.24) is 48.6 Å². The number of aromatic nitrogens is 7. The summed E-state index contributed by atoms with van der Waals surface area (Å²) in [5.74, 6) is 0.451. The van der Waals surface area contributed by atoms with Crippen LogP contribution in [0.5, 0.6) is 0 Å². The van der Waals surface area contributed by atoms with Gasteiger partial charge in [0.15, 0.2) is 11.3 Å². The molecule has 344 valence electrons. The van der Waals surface area contributed by atoms with Crippen LogP contribution in [0.1, 0.15) is 85.9 Å². The number of fused-ring (bicyclic) bond motifs is 4. The number of rotatable bonds is 11. The Hall–Kier alpha value is -5.73. The molecule has 1 aromatic carbocycles. The van der Waals surface area contributed by atoms with Gasteiger partial charge in [-0.15, -0.1) is 0 Å². The predicted octanol–water partition coefficient (Wildman–Crippen LogP) is 3.60. The van der Waals surface area contributed by atoms with Gasteiger partial charge in [-0.05, 0) is 75.0 Å². The van der Waals surface area contributed by atoms with Crippen molar-refractivity contribution < 1.29 is 27.9 Å². The molecule has 4 aromatic heterocycles. The summed E-state index contributed by atoms with van der Waals surface area (Å²) in [4.78, 5) is 66.1. The van der Waals surface area contributed by atoms with Crippen LogP contribution >= 0.6 is 0 Å². The summed E-state index contributed by atoms with van der Waals surface area (Å²) in [6.45, 7) is 9.21. The number of imide groups is 1. The van der Waals surface area contributed by atoms with Crippen LogP contribution < -0.4 is 26.1 Å². The Morgan fingerprint density at radius 3 is 2.45 bits per heavy atom. The number of amides is 3.